The second-order valence-electron chi connectivity index (χ2n) is 10.7. The largest absolute Gasteiger partial charge is 0.462 e. The number of aromatic nitrogens is 4. The molecule has 1 amide bonds. The monoisotopic (exact) mass is 570 g/mol. The molecule has 4 heterocycles. The number of carbonyl (C=O) groups is 2. The molecule has 3 aromatic rings. The van der Waals surface area contributed by atoms with Crippen LogP contribution in [0.25, 0.3) is 11.2 Å². The van der Waals surface area contributed by atoms with Crippen LogP contribution in [0.1, 0.15) is 57.3 Å². The summed E-state index contributed by atoms with van der Waals surface area (Å²) in [6.45, 7) is 9.65. The first-order valence-corrected chi connectivity index (χ1v) is 14.2. The van der Waals surface area contributed by atoms with E-state index in [1.807, 2.05) is 25.3 Å². The Morgan fingerprint density at radius 1 is 1.15 bits per heavy atom. The predicted octanol–water partition coefficient (Wildman–Crippen LogP) is 4.50. The molecule has 0 bridgehead atoms. The van der Waals surface area contributed by atoms with Crippen molar-refractivity contribution in [3.8, 4) is 11.5 Å². The molecule has 1 aromatic carbocycles. The van der Waals surface area contributed by atoms with Crippen LogP contribution in [0.4, 0.5) is 10.6 Å². The summed E-state index contributed by atoms with van der Waals surface area (Å²) in [6, 6.07) is 3.41. The second kappa shape index (κ2) is 11.4. The lowest BCUT2D eigenvalue weighted by atomic mass is 9.94. The van der Waals surface area contributed by atoms with Crippen molar-refractivity contribution in [1.82, 2.24) is 24.4 Å². The zero-order chi connectivity index (χ0) is 28.4. The summed E-state index contributed by atoms with van der Waals surface area (Å²) < 4.78 is 23.9. The van der Waals surface area contributed by atoms with Crippen LogP contribution in [0.2, 0.25) is 0 Å². The fraction of sp³-hybridized carbons (Fsp3) is 0.519. The minimum absolute atomic E-state index is 0.0864. The molecule has 5 rings (SSSR count). The Bertz CT molecular complexity index is 1410. The van der Waals surface area contributed by atoms with Crippen molar-refractivity contribution in [2.75, 3.05) is 32.2 Å². The molecule has 13 heteroatoms. The van der Waals surface area contributed by atoms with Gasteiger partial charge in [0, 0.05) is 24.5 Å². The van der Waals surface area contributed by atoms with E-state index in [0.717, 1.165) is 19.3 Å². The zero-order valence-corrected chi connectivity index (χ0v) is 24.0. The summed E-state index contributed by atoms with van der Waals surface area (Å²) in [5, 5.41) is 0.623. The van der Waals surface area contributed by atoms with E-state index in [9.17, 15) is 9.59 Å². The average molecular weight is 571 g/mol. The summed E-state index contributed by atoms with van der Waals surface area (Å²) in [6.07, 6.45) is 3.77. The van der Waals surface area contributed by atoms with Gasteiger partial charge in [0.15, 0.2) is 33.6 Å². The van der Waals surface area contributed by atoms with Crippen LogP contribution in [0, 0.1) is 5.92 Å². The number of piperidine rings is 1. The first-order chi connectivity index (χ1) is 19.1. The van der Waals surface area contributed by atoms with Crippen molar-refractivity contribution in [2.45, 2.75) is 69.2 Å². The maximum atomic E-state index is 12.8. The van der Waals surface area contributed by atoms with Crippen molar-refractivity contribution in [1.29, 1.82) is 0 Å². The summed E-state index contributed by atoms with van der Waals surface area (Å²) >= 11 is 1.31. The smallest absolute Gasteiger partial charge is 0.410 e. The number of carbonyl (C=O) groups excluding carboxylic acids is 2. The highest BCUT2D eigenvalue weighted by atomic mass is 32.2. The summed E-state index contributed by atoms with van der Waals surface area (Å²) in [5.41, 5.74) is 7.13. The highest BCUT2D eigenvalue weighted by Gasteiger charge is 2.28. The number of nitrogens with zero attached hydrogens (tertiary/aromatic N) is 5. The number of hydrogen-bond acceptors (Lipinski definition) is 11. The van der Waals surface area contributed by atoms with Crippen LogP contribution in [0.5, 0.6) is 11.5 Å². The molecular formula is C27H34N6O6S. The molecule has 40 heavy (non-hydrogen) atoms. The van der Waals surface area contributed by atoms with Gasteiger partial charge in [-0.15, -0.1) is 0 Å². The molecule has 2 aromatic heterocycles. The molecule has 1 fully saturated rings. The van der Waals surface area contributed by atoms with E-state index in [-0.39, 0.29) is 25.3 Å². The molecule has 1 saturated heterocycles. The molecule has 0 spiro atoms. The molecule has 0 saturated carbocycles. The van der Waals surface area contributed by atoms with Gasteiger partial charge in [0.05, 0.1) is 12.2 Å². The lowest BCUT2D eigenvalue weighted by Gasteiger charge is -2.33. The Hall–Kier alpha value is -3.74. The standard InChI is InChI=1S/C27H34N6O6S/c1-5-36-24(34)17-12-18-19(38-15-37-18)13-20(17)40-25-31-21-22(28)29-14-30-23(21)33(25)11-8-16-6-9-32(10-7-16)26(35)39-27(2,3)4/h12-14,16H,5-11,15H2,1-4H3,(H2,28,29,30). The Labute approximate surface area is 236 Å². The Morgan fingerprint density at radius 3 is 2.58 bits per heavy atom. The van der Waals surface area contributed by atoms with Gasteiger partial charge in [0.25, 0.3) is 0 Å². The van der Waals surface area contributed by atoms with Crippen molar-refractivity contribution in [3.05, 3.63) is 24.0 Å². The number of rotatable bonds is 7. The number of esters is 1. The number of aryl methyl sites for hydroxylation is 1. The van der Waals surface area contributed by atoms with E-state index in [1.54, 1.807) is 24.0 Å². The molecule has 12 nitrogen and oxygen atoms in total. The minimum Gasteiger partial charge on any atom is -0.462 e. The Kier molecular flexibility index (Phi) is 7.92. The van der Waals surface area contributed by atoms with Crippen LogP contribution in [-0.4, -0.2) is 68.6 Å². The van der Waals surface area contributed by atoms with Gasteiger partial charge in [0.2, 0.25) is 6.79 Å². The van der Waals surface area contributed by atoms with E-state index in [1.165, 1.54) is 18.1 Å². The number of likely N-dealkylation sites (tertiary alicyclic amines) is 1. The zero-order valence-electron chi connectivity index (χ0n) is 23.1. The molecule has 2 aliphatic rings. The van der Waals surface area contributed by atoms with E-state index < -0.39 is 11.6 Å². The first kappa shape index (κ1) is 27.8. The number of ether oxygens (including phenoxy) is 4. The molecule has 0 atom stereocenters. The molecule has 0 radical (unpaired) electrons. The SMILES string of the molecule is CCOC(=O)c1cc2c(cc1Sc1nc3c(N)ncnc3n1CCC1CCN(C(=O)OC(C)(C)C)CC1)OCO2. The quantitative estimate of drug-likeness (QED) is 0.401. The number of hydrogen-bond donors (Lipinski definition) is 1. The van der Waals surface area contributed by atoms with Gasteiger partial charge in [-0.1, -0.05) is 11.8 Å². The fourth-order valence-electron chi connectivity index (χ4n) is 4.73. The van der Waals surface area contributed by atoms with Gasteiger partial charge >= 0.3 is 12.1 Å². The summed E-state index contributed by atoms with van der Waals surface area (Å²) in [4.78, 5) is 41.0. The van der Waals surface area contributed by atoms with Gasteiger partial charge in [0.1, 0.15) is 11.9 Å². The van der Waals surface area contributed by atoms with Gasteiger partial charge in [-0.3, -0.25) is 0 Å². The Morgan fingerprint density at radius 2 is 1.88 bits per heavy atom. The van der Waals surface area contributed by atoms with Gasteiger partial charge in [-0.05, 0) is 65.0 Å². The lowest BCUT2D eigenvalue weighted by Crippen LogP contribution is -2.41. The average Bonchev–Trinajstić information content (AvgIpc) is 3.51. The number of nitrogen functional groups attached to an aromatic ring is 1. The Balaban J connectivity index is 1.36. The van der Waals surface area contributed by atoms with Gasteiger partial charge in [-0.2, -0.15) is 0 Å². The highest BCUT2D eigenvalue weighted by Crippen LogP contribution is 2.41. The normalized spacial score (nSPS) is 15.4. The third-order valence-electron chi connectivity index (χ3n) is 6.72. The van der Waals surface area contributed by atoms with Crippen molar-refractivity contribution < 1.29 is 28.5 Å². The third-order valence-corrected chi connectivity index (χ3v) is 7.78. The molecule has 2 N–H and O–H groups in total. The molecule has 214 valence electrons. The maximum absolute atomic E-state index is 12.8. The summed E-state index contributed by atoms with van der Waals surface area (Å²) in [5.74, 6) is 1.28. The molecule has 0 aliphatic carbocycles. The number of amides is 1. The van der Waals surface area contributed by atoms with Gasteiger partial charge in [-0.25, -0.2) is 24.5 Å². The van der Waals surface area contributed by atoms with Crippen LogP contribution in [0.3, 0.4) is 0 Å². The third kappa shape index (κ3) is 6.03. The van der Waals surface area contributed by atoms with Gasteiger partial charge < -0.3 is 34.1 Å². The number of fused-ring (bicyclic) bond motifs is 2. The number of imidazole rings is 1. The number of anilines is 1. The second-order valence-corrected chi connectivity index (χ2v) is 11.7. The minimum atomic E-state index is -0.515. The summed E-state index contributed by atoms with van der Waals surface area (Å²) in [7, 11) is 0. The number of benzene rings is 1. The molecule has 0 unspecified atom stereocenters. The number of nitrogens with two attached hydrogens (primary N) is 1. The predicted molar refractivity (Wildman–Crippen MR) is 148 cm³/mol. The maximum Gasteiger partial charge on any atom is 0.410 e. The van der Waals surface area contributed by atoms with E-state index in [2.05, 4.69) is 9.97 Å². The van der Waals surface area contributed by atoms with Crippen molar-refractivity contribution >= 4 is 40.8 Å². The van der Waals surface area contributed by atoms with E-state index in [0.29, 0.717) is 63.8 Å². The fourth-order valence-corrected chi connectivity index (χ4v) is 5.77. The topological polar surface area (TPSA) is 144 Å². The molecule has 2 aliphatic heterocycles. The lowest BCUT2D eigenvalue weighted by molar-refractivity contribution is 0.0179. The van der Waals surface area contributed by atoms with Crippen LogP contribution < -0.4 is 15.2 Å². The van der Waals surface area contributed by atoms with Crippen LogP contribution in [0.15, 0.2) is 28.5 Å². The van der Waals surface area contributed by atoms with Crippen molar-refractivity contribution in [2.24, 2.45) is 5.92 Å². The van der Waals surface area contributed by atoms with Crippen molar-refractivity contribution in [3.63, 3.8) is 0 Å². The highest BCUT2D eigenvalue weighted by molar-refractivity contribution is 7.99. The van der Waals surface area contributed by atoms with E-state index in [4.69, 9.17) is 29.7 Å². The molecular weight excluding hydrogens is 536 g/mol. The first-order valence-electron chi connectivity index (χ1n) is 13.4. The van der Waals surface area contributed by atoms with Crippen LogP contribution in [-0.2, 0) is 16.0 Å². The van der Waals surface area contributed by atoms with E-state index >= 15 is 0 Å². The van der Waals surface area contributed by atoms with Crippen LogP contribution >= 0.6 is 11.8 Å².